The zero-order valence-electron chi connectivity index (χ0n) is 13.9. The number of carbonyl (C=O) groups is 2. The molecule has 124 valence electrons. The number of amides is 1. The summed E-state index contributed by atoms with van der Waals surface area (Å²) in [6, 6.07) is 9.51. The molecule has 2 aliphatic carbocycles. The summed E-state index contributed by atoms with van der Waals surface area (Å²) in [4.78, 5) is 29.8. The minimum atomic E-state index is -0.895. The molecule has 1 aromatic carbocycles. The molecule has 2 N–H and O–H groups in total. The fourth-order valence-corrected chi connectivity index (χ4v) is 4.65. The zero-order chi connectivity index (χ0) is 16.9. The molecule has 2 unspecified atom stereocenters. The van der Waals surface area contributed by atoms with E-state index < -0.39 is 5.41 Å². The van der Waals surface area contributed by atoms with Gasteiger partial charge < -0.3 is 0 Å². The van der Waals surface area contributed by atoms with E-state index in [1.165, 1.54) is 0 Å². The van der Waals surface area contributed by atoms with Crippen LogP contribution < -0.4 is 10.9 Å². The van der Waals surface area contributed by atoms with Crippen molar-refractivity contribution >= 4 is 28.3 Å². The summed E-state index contributed by atoms with van der Waals surface area (Å²) in [6.45, 7) is 4.11. The van der Waals surface area contributed by atoms with Crippen LogP contribution in [0.25, 0.3) is 10.9 Å². The summed E-state index contributed by atoms with van der Waals surface area (Å²) in [5.41, 5.74) is 6.27. The van der Waals surface area contributed by atoms with Crippen LogP contribution in [0.2, 0.25) is 0 Å². The van der Waals surface area contributed by atoms with E-state index in [1.54, 1.807) is 6.20 Å². The third-order valence-electron chi connectivity index (χ3n) is 6.24. The van der Waals surface area contributed by atoms with Gasteiger partial charge in [0, 0.05) is 18.0 Å². The van der Waals surface area contributed by atoms with Crippen molar-refractivity contribution in [2.75, 3.05) is 5.43 Å². The number of fused-ring (bicyclic) bond motifs is 3. The molecule has 4 rings (SSSR count). The number of anilines is 1. The fraction of sp³-hybridized carbons (Fsp3) is 0.421. The van der Waals surface area contributed by atoms with Crippen molar-refractivity contribution < 1.29 is 9.59 Å². The monoisotopic (exact) mass is 323 g/mol. The van der Waals surface area contributed by atoms with Crippen LogP contribution in [0.1, 0.15) is 33.1 Å². The molecular weight excluding hydrogens is 302 g/mol. The summed E-state index contributed by atoms with van der Waals surface area (Å²) in [6.07, 6.45) is 3.86. The van der Waals surface area contributed by atoms with Gasteiger partial charge >= 0.3 is 0 Å². The molecule has 0 saturated heterocycles. The summed E-state index contributed by atoms with van der Waals surface area (Å²) in [7, 11) is 0. The SMILES string of the molecule is CC1(C)C2CCC1(C(=O)NNc1cccc3ncccc13)C(=O)C2. The lowest BCUT2D eigenvalue weighted by atomic mass is 9.68. The van der Waals surface area contributed by atoms with Gasteiger partial charge in [-0.25, -0.2) is 0 Å². The van der Waals surface area contributed by atoms with E-state index in [4.69, 9.17) is 0 Å². The second-order valence-corrected chi connectivity index (χ2v) is 7.44. The van der Waals surface area contributed by atoms with Crippen LogP contribution in [0.15, 0.2) is 36.5 Å². The molecule has 2 aliphatic rings. The van der Waals surface area contributed by atoms with Crippen molar-refractivity contribution in [3.05, 3.63) is 36.5 Å². The minimum Gasteiger partial charge on any atom is -0.298 e. The van der Waals surface area contributed by atoms with Gasteiger partial charge in [0.15, 0.2) is 0 Å². The quantitative estimate of drug-likeness (QED) is 0.673. The number of nitrogens with zero attached hydrogens (tertiary/aromatic N) is 1. The number of benzene rings is 1. The first-order valence-electron chi connectivity index (χ1n) is 8.40. The normalized spacial score (nSPS) is 27.4. The Balaban J connectivity index is 1.60. The second-order valence-electron chi connectivity index (χ2n) is 7.44. The highest BCUT2D eigenvalue weighted by Gasteiger charge is 2.68. The van der Waals surface area contributed by atoms with E-state index >= 15 is 0 Å². The maximum absolute atomic E-state index is 13.0. The van der Waals surface area contributed by atoms with Crippen molar-refractivity contribution in [2.24, 2.45) is 16.7 Å². The van der Waals surface area contributed by atoms with E-state index in [-0.39, 0.29) is 17.1 Å². The molecule has 24 heavy (non-hydrogen) atoms. The molecule has 2 fully saturated rings. The summed E-state index contributed by atoms with van der Waals surface area (Å²) in [5.74, 6) is 0.193. The van der Waals surface area contributed by atoms with Gasteiger partial charge in [0.2, 0.25) is 0 Å². The standard InChI is InChI=1S/C19H21N3O2/c1-18(2)12-8-9-19(18,16(23)11-12)17(24)22-21-15-7-3-6-14-13(15)5-4-10-20-14/h3-7,10,12,21H,8-9,11H2,1-2H3,(H,22,24). The zero-order valence-corrected chi connectivity index (χ0v) is 13.9. The number of nitrogens with one attached hydrogen (secondary N) is 2. The van der Waals surface area contributed by atoms with E-state index in [1.807, 2.05) is 30.3 Å². The highest BCUT2D eigenvalue weighted by molar-refractivity contribution is 6.10. The first-order chi connectivity index (χ1) is 11.5. The number of hydrogen-bond acceptors (Lipinski definition) is 4. The Morgan fingerprint density at radius 3 is 2.79 bits per heavy atom. The Morgan fingerprint density at radius 1 is 1.25 bits per heavy atom. The van der Waals surface area contributed by atoms with Crippen molar-refractivity contribution in [2.45, 2.75) is 33.1 Å². The van der Waals surface area contributed by atoms with Crippen molar-refractivity contribution in [3.8, 4) is 0 Å². The van der Waals surface area contributed by atoms with Gasteiger partial charge in [0.05, 0.1) is 11.2 Å². The van der Waals surface area contributed by atoms with Crippen LogP contribution in [-0.2, 0) is 9.59 Å². The Labute approximate surface area is 140 Å². The van der Waals surface area contributed by atoms with Crippen molar-refractivity contribution in [1.82, 2.24) is 10.4 Å². The summed E-state index contributed by atoms with van der Waals surface area (Å²) < 4.78 is 0. The molecule has 5 heteroatoms. The number of ketones is 1. The Kier molecular flexibility index (Phi) is 3.17. The van der Waals surface area contributed by atoms with Crippen LogP contribution in [0.4, 0.5) is 5.69 Å². The van der Waals surface area contributed by atoms with Gasteiger partial charge in [0.1, 0.15) is 11.2 Å². The minimum absolute atomic E-state index is 0.0858. The highest BCUT2D eigenvalue weighted by atomic mass is 16.2. The van der Waals surface area contributed by atoms with E-state index in [0.29, 0.717) is 18.8 Å². The average molecular weight is 323 g/mol. The predicted molar refractivity (Wildman–Crippen MR) is 92.1 cm³/mol. The van der Waals surface area contributed by atoms with Crippen LogP contribution >= 0.6 is 0 Å². The average Bonchev–Trinajstić information content (AvgIpc) is 2.95. The maximum Gasteiger partial charge on any atom is 0.252 e. The fourth-order valence-electron chi connectivity index (χ4n) is 4.65. The third-order valence-corrected chi connectivity index (χ3v) is 6.24. The molecule has 0 radical (unpaired) electrons. The lowest BCUT2D eigenvalue weighted by Gasteiger charge is -2.34. The van der Waals surface area contributed by atoms with E-state index in [0.717, 1.165) is 23.0 Å². The number of aromatic nitrogens is 1. The molecular formula is C19H21N3O2. The maximum atomic E-state index is 13.0. The van der Waals surface area contributed by atoms with Crippen LogP contribution in [0.5, 0.6) is 0 Å². The molecule has 2 saturated carbocycles. The molecule has 2 bridgehead atoms. The Bertz CT molecular complexity index is 840. The van der Waals surface area contributed by atoms with Gasteiger partial charge in [0.25, 0.3) is 5.91 Å². The van der Waals surface area contributed by atoms with Crippen molar-refractivity contribution in [1.29, 1.82) is 0 Å². The number of pyridine rings is 1. The number of Topliss-reactive ketones (excluding diaryl/α,β-unsaturated/α-hetero) is 1. The Hall–Kier alpha value is -2.43. The molecule has 2 aromatic rings. The van der Waals surface area contributed by atoms with E-state index in [9.17, 15) is 9.59 Å². The topological polar surface area (TPSA) is 71.1 Å². The Morgan fingerprint density at radius 2 is 2.08 bits per heavy atom. The molecule has 1 aromatic heterocycles. The smallest absolute Gasteiger partial charge is 0.252 e. The van der Waals surface area contributed by atoms with Crippen molar-refractivity contribution in [3.63, 3.8) is 0 Å². The number of hydrazine groups is 1. The molecule has 0 aliphatic heterocycles. The largest absolute Gasteiger partial charge is 0.298 e. The first-order valence-corrected chi connectivity index (χ1v) is 8.40. The molecule has 1 heterocycles. The van der Waals surface area contributed by atoms with Gasteiger partial charge in [-0.3, -0.25) is 25.4 Å². The molecule has 0 spiro atoms. The van der Waals surface area contributed by atoms with E-state index in [2.05, 4.69) is 29.7 Å². The van der Waals surface area contributed by atoms with Gasteiger partial charge in [-0.15, -0.1) is 0 Å². The lowest BCUT2D eigenvalue weighted by molar-refractivity contribution is -0.144. The highest BCUT2D eigenvalue weighted by Crippen LogP contribution is 2.63. The van der Waals surface area contributed by atoms with Gasteiger partial charge in [-0.2, -0.15) is 0 Å². The number of rotatable bonds is 3. The predicted octanol–water partition coefficient (Wildman–Crippen LogP) is 3.07. The number of hydrogen-bond donors (Lipinski definition) is 2. The van der Waals surface area contributed by atoms with Crippen LogP contribution in [0.3, 0.4) is 0 Å². The van der Waals surface area contributed by atoms with Gasteiger partial charge in [-0.05, 0) is 48.4 Å². The lowest BCUT2D eigenvalue weighted by Crippen LogP contribution is -2.51. The first kappa shape index (κ1) is 15.1. The molecule has 5 nitrogen and oxygen atoms in total. The second kappa shape index (κ2) is 5.03. The van der Waals surface area contributed by atoms with Crippen LogP contribution in [0, 0.1) is 16.7 Å². The number of carbonyl (C=O) groups excluding carboxylic acids is 2. The van der Waals surface area contributed by atoms with Crippen LogP contribution in [-0.4, -0.2) is 16.7 Å². The van der Waals surface area contributed by atoms with Gasteiger partial charge in [-0.1, -0.05) is 19.9 Å². The third kappa shape index (κ3) is 1.84. The molecule has 1 amide bonds. The molecule has 2 atom stereocenters. The summed E-state index contributed by atoms with van der Waals surface area (Å²) in [5, 5.41) is 0.930. The summed E-state index contributed by atoms with van der Waals surface area (Å²) >= 11 is 0.